The van der Waals surface area contributed by atoms with Crippen LogP contribution in [0.5, 0.6) is 0 Å². The number of rotatable bonds is 13. The summed E-state index contributed by atoms with van der Waals surface area (Å²) in [5.41, 5.74) is 5.36. The normalized spacial score (nSPS) is 13.8. The van der Waals surface area contributed by atoms with E-state index in [9.17, 15) is 4.39 Å². The lowest BCUT2D eigenvalue weighted by atomic mass is 9.76. The standard InChI is InChI=1S/C28H38FNS/c1-9-12-14-25(28(6,7)20-31-19-11-3)26(22-15-17-23(29)18-16-22)24(13-10-2)27(30-8)21(4)5/h9-11,13,15-18,21H,1,3,8,12,14,19-20H2,2,4-7H3/b13-10+,26-25+,27-24-. The Bertz CT molecular complexity index is 838. The molecule has 3 heteroatoms. The van der Waals surface area contributed by atoms with Crippen molar-refractivity contribution in [3.05, 3.63) is 90.0 Å². The summed E-state index contributed by atoms with van der Waals surface area (Å²) in [4.78, 5) is 4.42. The lowest BCUT2D eigenvalue weighted by Gasteiger charge is -2.32. The van der Waals surface area contributed by atoms with Crippen molar-refractivity contribution in [2.45, 2.75) is 47.5 Å². The Balaban J connectivity index is 4.00. The Morgan fingerprint density at radius 3 is 2.29 bits per heavy atom. The van der Waals surface area contributed by atoms with Gasteiger partial charge in [0.2, 0.25) is 0 Å². The quantitative estimate of drug-likeness (QED) is 0.130. The molecule has 0 heterocycles. The van der Waals surface area contributed by atoms with E-state index in [1.165, 1.54) is 17.7 Å². The van der Waals surface area contributed by atoms with Crippen LogP contribution in [-0.4, -0.2) is 18.2 Å². The lowest BCUT2D eigenvalue weighted by molar-refractivity contribution is 0.496. The smallest absolute Gasteiger partial charge is 0.123 e. The van der Waals surface area contributed by atoms with Gasteiger partial charge in [-0.2, -0.15) is 11.8 Å². The van der Waals surface area contributed by atoms with Gasteiger partial charge in [0.05, 0.1) is 0 Å². The number of allylic oxidation sites excluding steroid dienone is 7. The van der Waals surface area contributed by atoms with Crippen molar-refractivity contribution in [3.63, 3.8) is 0 Å². The molecule has 0 saturated carbocycles. The van der Waals surface area contributed by atoms with Crippen molar-refractivity contribution >= 4 is 24.1 Å². The van der Waals surface area contributed by atoms with E-state index < -0.39 is 0 Å². The second-order valence-corrected chi connectivity index (χ2v) is 9.52. The zero-order chi connectivity index (χ0) is 23.4. The first-order valence-electron chi connectivity index (χ1n) is 10.9. The monoisotopic (exact) mass is 439 g/mol. The van der Waals surface area contributed by atoms with Crippen LogP contribution in [0.1, 0.15) is 53.0 Å². The van der Waals surface area contributed by atoms with Gasteiger partial charge in [-0.05, 0) is 61.1 Å². The van der Waals surface area contributed by atoms with Gasteiger partial charge in [0.15, 0.2) is 0 Å². The molecule has 0 spiro atoms. The SMILES string of the molecule is C=CCC\C(=C(C(/C=C/C)=C(\N=C)C(C)C)\c1ccc(F)cc1)C(C)(C)CSCC=C. The van der Waals surface area contributed by atoms with Gasteiger partial charge in [0, 0.05) is 22.8 Å². The molecular formula is C28H38FNS. The number of nitrogens with zero attached hydrogens (tertiary/aromatic N) is 1. The molecule has 0 atom stereocenters. The van der Waals surface area contributed by atoms with Gasteiger partial charge >= 0.3 is 0 Å². The predicted molar refractivity (Wildman–Crippen MR) is 140 cm³/mol. The van der Waals surface area contributed by atoms with Crippen molar-refractivity contribution in [2.24, 2.45) is 16.3 Å². The average Bonchev–Trinajstić information content (AvgIpc) is 2.72. The topological polar surface area (TPSA) is 12.4 Å². The van der Waals surface area contributed by atoms with E-state index in [0.29, 0.717) is 0 Å². The van der Waals surface area contributed by atoms with Gasteiger partial charge in [0.1, 0.15) is 5.82 Å². The van der Waals surface area contributed by atoms with E-state index in [2.05, 4.69) is 58.6 Å². The molecule has 1 nitrogen and oxygen atoms in total. The summed E-state index contributed by atoms with van der Waals surface area (Å²) in [5, 5.41) is 0. The van der Waals surface area contributed by atoms with Crippen molar-refractivity contribution < 1.29 is 4.39 Å². The molecule has 168 valence electrons. The van der Waals surface area contributed by atoms with Crippen LogP contribution in [0.4, 0.5) is 4.39 Å². The summed E-state index contributed by atoms with van der Waals surface area (Å²) in [6.07, 6.45) is 9.81. The van der Waals surface area contributed by atoms with Crippen molar-refractivity contribution in [1.82, 2.24) is 0 Å². The molecule has 0 N–H and O–H groups in total. The van der Waals surface area contributed by atoms with Gasteiger partial charge in [-0.1, -0.05) is 69.7 Å². The minimum Gasteiger partial charge on any atom is -0.268 e. The van der Waals surface area contributed by atoms with Crippen LogP contribution in [0.15, 0.2) is 83.6 Å². The van der Waals surface area contributed by atoms with Crippen molar-refractivity contribution in [3.8, 4) is 0 Å². The molecule has 1 aromatic rings. The maximum Gasteiger partial charge on any atom is 0.123 e. The van der Waals surface area contributed by atoms with E-state index in [4.69, 9.17) is 0 Å². The van der Waals surface area contributed by atoms with Gasteiger partial charge in [-0.3, -0.25) is 4.99 Å². The fraction of sp³-hybridized carbons (Fsp3) is 0.393. The Hall–Kier alpha value is -2.13. The summed E-state index contributed by atoms with van der Waals surface area (Å²) in [6, 6.07) is 6.80. The summed E-state index contributed by atoms with van der Waals surface area (Å²) in [5.74, 6) is 1.84. The largest absolute Gasteiger partial charge is 0.268 e. The number of hydrogen-bond acceptors (Lipinski definition) is 2. The van der Waals surface area contributed by atoms with E-state index in [1.54, 1.807) is 0 Å². The fourth-order valence-corrected chi connectivity index (χ4v) is 4.65. The Labute approximate surface area is 193 Å². The van der Waals surface area contributed by atoms with Crippen LogP contribution < -0.4 is 0 Å². The van der Waals surface area contributed by atoms with Crippen molar-refractivity contribution in [1.29, 1.82) is 0 Å². The molecule has 0 saturated heterocycles. The molecule has 0 aliphatic carbocycles. The number of benzene rings is 1. The molecular weight excluding hydrogens is 401 g/mol. The highest BCUT2D eigenvalue weighted by atomic mass is 32.2. The number of halogens is 1. The second-order valence-electron chi connectivity index (χ2n) is 8.49. The number of hydrogen-bond donors (Lipinski definition) is 0. The highest BCUT2D eigenvalue weighted by Crippen LogP contribution is 2.43. The highest BCUT2D eigenvalue weighted by molar-refractivity contribution is 7.99. The Morgan fingerprint density at radius 1 is 1.16 bits per heavy atom. The lowest BCUT2D eigenvalue weighted by Crippen LogP contribution is -2.21. The van der Waals surface area contributed by atoms with E-state index >= 15 is 0 Å². The second kappa shape index (κ2) is 13.3. The zero-order valence-corrected chi connectivity index (χ0v) is 20.7. The zero-order valence-electron chi connectivity index (χ0n) is 19.9. The molecule has 0 unspecified atom stereocenters. The maximum absolute atomic E-state index is 13.8. The van der Waals surface area contributed by atoms with Crippen LogP contribution in [-0.2, 0) is 0 Å². The van der Waals surface area contributed by atoms with Gasteiger partial charge in [0.25, 0.3) is 0 Å². The maximum atomic E-state index is 13.8. The third-order valence-electron chi connectivity index (χ3n) is 5.14. The molecule has 0 aliphatic rings. The predicted octanol–water partition coefficient (Wildman–Crippen LogP) is 8.68. The van der Waals surface area contributed by atoms with Crippen LogP contribution in [0.3, 0.4) is 0 Å². The number of aliphatic imine (C=N–C) groups is 1. The molecule has 0 aliphatic heterocycles. The average molecular weight is 440 g/mol. The van der Waals surface area contributed by atoms with Gasteiger partial charge in [-0.15, -0.1) is 13.2 Å². The highest BCUT2D eigenvalue weighted by Gasteiger charge is 2.28. The van der Waals surface area contributed by atoms with Crippen LogP contribution in [0, 0.1) is 17.2 Å². The van der Waals surface area contributed by atoms with E-state index in [-0.39, 0.29) is 17.2 Å². The first kappa shape index (κ1) is 26.9. The third-order valence-corrected chi connectivity index (χ3v) is 6.54. The molecule has 0 fully saturated rings. The van der Waals surface area contributed by atoms with E-state index in [1.807, 2.05) is 49.0 Å². The molecule has 0 aromatic heterocycles. The summed E-state index contributed by atoms with van der Waals surface area (Å²) < 4.78 is 13.8. The molecule has 0 amide bonds. The van der Waals surface area contributed by atoms with Gasteiger partial charge < -0.3 is 0 Å². The van der Waals surface area contributed by atoms with E-state index in [0.717, 1.165) is 46.8 Å². The van der Waals surface area contributed by atoms with Crippen LogP contribution >= 0.6 is 11.8 Å². The molecule has 31 heavy (non-hydrogen) atoms. The van der Waals surface area contributed by atoms with Crippen LogP contribution in [0.25, 0.3) is 5.57 Å². The first-order chi connectivity index (χ1) is 14.7. The molecule has 0 bridgehead atoms. The van der Waals surface area contributed by atoms with Gasteiger partial charge in [-0.25, -0.2) is 4.39 Å². The summed E-state index contributed by atoms with van der Waals surface area (Å²) in [7, 11) is 0. The summed E-state index contributed by atoms with van der Waals surface area (Å²) in [6.45, 7) is 22.5. The summed E-state index contributed by atoms with van der Waals surface area (Å²) >= 11 is 1.87. The molecule has 1 rings (SSSR count). The third kappa shape index (κ3) is 7.81. The van der Waals surface area contributed by atoms with Crippen molar-refractivity contribution in [2.75, 3.05) is 11.5 Å². The molecule has 0 radical (unpaired) electrons. The minimum atomic E-state index is -0.237. The fourth-order valence-electron chi connectivity index (χ4n) is 3.68. The first-order valence-corrected chi connectivity index (χ1v) is 12.0. The minimum absolute atomic E-state index is 0.0868. The molecule has 1 aromatic carbocycles. The van der Waals surface area contributed by atoms with Crippen LogP contribution in [0.2, 0.25) is 0 Å². The Kier molecular flexibility index (Phi) is 11.6. The number of thioether (sulfide) groups is 1. The Morgan fingerprint density at radius 2 is 1.81 bits per heavy atom.